The lowest BCUT2D eigenvalue weighted by atomic mass is 10.0. The van der Waals surface area contributed by atoms with Crippen molar-refractivity contribution in [3.8, 4) is 0 Å². The van der Waals surface area contributed by atoms with Crippen LogP contribution in [0.1, 0.15) is 18.1 Å². The van der Waals surface area contributed by atoms with E-state index in [1.165, 1.54) is 6.07 Å². The molecule has 0 heterocycles. The van der Waals surface area contributed by atoms with Gasteiger partial charge in [-0.1, -0.05) is 13.0 Å². The highest BCUT2D eigenvalue weighted by Crippen LogP contribution is 2.17. The predicted octanol–water partition coefficient (Wildman–Crippen LogP) is 1.48. The monoisotopic (exact) mass is 229 g/mol. The summed E-state index contributed by atoms with van der Waals surface area (Å²) >= 11 is 0. The molecule has 0 aliphatic carbocycles. The van der Waals surface area contributed by atoms with E-state index < -0.39 is 23.6 Å². The van der Waals surface area contributed by atoms with Crippen LogP contribution in [0.15, 0.2) is 12.1 Å². The highest BCUT2D eigenvalue weighted by Gasteiger charge is 2.17. The van der Waals surface area contributed by atoms with Gasteiger partial charge in [-0.3, -0.25) is 4.79 Å². The summed E-state index contributed by atoms with van der Waals surface area (Å²) in [6, 6.07) is 1.33. The van der Waals surface area contributed by atoms with Crippen molar-refractivity contribution >= 4 is 5.97 Å². The summed E-state index contributed by atoms with van der Waals surface area (Å²) in [5.41, 5.74) is 5.89. The van der Waals surface area contributed by atoms with E-state index in [9.17, 15) is 13.6 Å². The number of nitrogens with two attached hydrogens (primary N) is 1. The summed E-state index contributed by atoms with van der Waals surface area (Å²) in [5.74, 6) is -3.22. The van der Waals surface area contributed by atoms with Crippen molar-refractivity contribution in [3.63, 3.8) is 0 Å². The van der Waals surface area contributed by atoms with Gasteiger partial charge in [-0.25, -0.2) is 8.78 Å². The van der Waals surface area contributed by atoms with Gasteiger partial charge in [0.2, 0.25) is 0 Å². The maximum absolute atomic E-state index is 13.3. The van der Waals surface area contributed by atoms with Gasteiger partial charge in [0.25, 0.3) is 0 Å². The van der Waals surface area contributed by atoms with Crippen LogP contribution in [-0.4, -0.2) is 17.1 Å². The lowest BCUT2D eigenvalue weighted by molar-refractivity contribution is -0.138. The van der Waals surface area contributed by atoms with Gasteiger partial charge < -0.3 is 10.8 Å². The fraction of sp³-hybridized carbons (Fsp3) is 0.364. The Bertz CT molecular complexity index is 407. The van der Waals surface area contributed by atoms with Crippen molar-refractivity contribution in [2.45, 2.75) is 25.8 Å². The highest BCUT2D eigenvalue weighted by atomic mass is 19.2. The molecule has 1 unspecified atom stereocenters. The highest BCUT2D eigenvalue weighted by molar-refractivity contribution is 5.73. The number of carbonyl (C=O) groups is 1. The Morgan fingerprint density at radius 1 is 1.50 bits per heavy atom. The van der Waals surface area contributed by atoms with Gasteiger partial charge in [0, 0.05) is 6.42 Å². The molecule has 1 atom stereocenters. The molecule has 1 aromatic carbocycles. The van der Waals surface area contributed by atoms with E-state index in [1.807, 2.05) is 0 Å². The summed E-state index contributed by atoms with van der Waals surface area (Å²) in [4.78, 5) is 10.5. The number of hydrogen-bond donors (Lipinski definition) is 2. The largest absolute Gasteiger partial charge is 0.480 e. The molecule has 5 heteroatoms. The fourth-order valence-electron chi connectivity index (χ4n) is 1.39. The van der Waals surface area contributed by atoms with Gasteiger partial charge in [0.1, 0.15) is 6.04 Å². The molecule has 3 nitrogen and oxygen atoms in total. The summed E-state index contributed by atoms with van der Waals surface area (Å²) in [6.45, 7) is 1.80. The third-order valence-corrected chi connectivity index (χ3v) is 2.33. The number of aryl methyl sites for hydroxylation is 1. The molecule has 0 saturated heterocycles. The number of carboxylic acid groups (broad SMARTS) is 1. The number of benzene rings is 1. The van der Waals surface area contributed by atoms with E-state index in [0.717, 1.165) is 6.07 Å². The van der Waals surface area contributed by atoms with Crippen molar-refractivity contribution in [2.24, 2.45) is 5.73 Å². The van der Waals surface area contributed by atoms with Gasteiger partial charge in [-0.2, -0.15) is 0 Å². The molecule has 0 radical (unpaired) electrons. The second-order valence-corrected chi connectivity index (χ2v) is 3.55. The predicted molar refractivity (Wildman–Crippen MR) is 55.1 cm³/mol. The maximum Gasteiger partial charge on any atom is 0.320 e. The summed E-state index contributed by atoms with van der Waals surface area (Å²) in [6.07, 6.45) is 0.332. The number of carboxylic acids is 1. The zero-order chi connectivity index (χ0) is 12.3. The van der Waals surface area contributed by atoms with Crippen molar-refractivity contribution in [1.29, 1.82) is 0 Å². The SMILES string of the molecule is CCc1cc(F)c(F)c(CC(N)C(=O)O)c1. The molecule has 16 heavy (non-hydrogen) atoms. The number of hydrogen-bond acceptors (Lipinski definition) is 2. The average molecular weight is 229 g/mol. The Kier molecular flexibility index (Phi) is 3.95. The lowest BCUT2D eigenvalue weighted by Crippen LogP contribution is -2.32. The smallest absolute Gasteiger partial charge is 0.320 e. The molecule has 0 aliphatic rings. The molecule has 0 saturated carbocycles. The molecule has 0 amide bonds. The second-order valence-electron chi connectivity index (χ2n) is 3.55. The molecular weight excluding hydrogens is 216 g/mol. The molecule has 0 aromatic heterocycles. The number of rotatable bonds is 4. The fourth-order valence-corrected chi connectivity index (χ4v) is 1.39. The first-order chi connectivity index (χ1) is 7.45. The third-order valence-electron chi connectivity index (χ3n) is 2.33. The van der Waals surface area contributed by atoms with E-state index in [4.69, 9.17) is 10.8 Å². The van der Waals surface area contributed by atoms with Gasteiger partial charge in [0.05, 0.1) is 0 Å². The Balaban J connectivity index is 3.03. The van der Waals surface area contributed by atoms with Crippen LogP contribution in [0.25, 0.3) is 0 Å². The van der Waals surface area contributed by atoms with Crippen LogP contribution in [0.4, 0.5) is 8.78 Å². The maximum atomic E-state index is 13.3. The van der Waals surface area contributed by atoms with Gasteiger partial charge in [-0.15, -0.1) is 0 Å². The van der Waals surface area contributed by atoms with E-state index in [1.54, 1.807) is 6.92 Å². The first kappa shape index (κ1) is 12.6. The lowest BCUT2D eigenvalue weighted by Gasteiger charge is -2.09. The van der Waals surface area contributed by atoms with E-state index in [2.05, 4.69) is 0 Å². The minimum atomic E-state index is -1.23. The van der Waals surface area contributed by atoms with Crippen molar-refractivity contribution in [1.82, 2.24) is 0 Å². The number of aliphatic carboxylic acids is 1. The van der Waals surface area contributed by atoms with Crippen LogP contribution in [0.5, 0.6) is 0 Å². The van der Waals surface area contributed by atoms with E-state index >= 15 is 0 Å². The first-order valence-corrected chi connectivity index (χ1v) is 4.90. The van der Waals surface area contributed by atoms with Crippen LogP contribution in [0.3, 0.4) is 0 Å². The normalized spacial score (nSPS) is 12.5. The molecule has 3 N–H and O–H groups in total. The standard InChI is InChI=1S/C11H13F2NO2/c1-2-6-3-7(5-9(14)11(15)16)10(13)8(12)4-6/h3-4,9H,2,5,14H2,1H3,(H,15,16). The third kappa shape index (κ3) is 2.76. The Morgan fingerprint density at radius 2 is 2.12 bits per heavy atom. The van der Waals surface area contributed by atoms with E-state index in [-0.39, 0.29) is 12.0 Å². The van der Waals surface area contributed by atoms with Crippen LogP contribution in [0.2, 0.25) is 0 Å². The molecule has 0 fully saturated rings. The topological polar surface area (TPSA) is 63.3 Å². The zero-order valence-corrected chi connectivity index (χ0v) is 8.84. The molecular formula is C11H13F2NO2. The van der Waals surface area contributed by atoms with Gasteiger partial charge >= 0.3 is 5.97 Å². The van der Waals surface area contributed by atoms with Gasteiger partial charge in [0.15, 0.2) is 11.6 Å². The zero-order valence-electron chi connectivity index (χ0n) is 8.84. The van der Waals surface area contributed by atoms with Crippen LogP contribution >= 0.6 is 0 Å². The van der Waals surface area contributed by atoms with Crippen LogP contribution < -0.4 is 5.73 Å². The summed E-state index contributed by atoms with van der Waals surface area (Å²) in [5, 5.41) is 8.59. The number of halogens is 2. The summed E-state index contributed by atoms with van der Waals surface area (Å²) < 4.78 is 26.4. The molecule has 0 aliphatic heterocycles. The second kappa shape index (κ2) is 5.03. The minimum Gasteiger partial charge on any atom is -0.480 e. The summed E-state index contributed by atoms with van der Waals surface area (Å²) in [7, 11) is 0. The Hall–Kier alpha value is -1.49. The van der Waals surface area contributed by atoms with Crippen molar-refractivity contribution in [3.05, 3.63) is 34.9 Å². The quantitative estimate of drug-likeness (QED) is 0.822. The first-order valence-electron chi connectivity index (χ1n) is 4.90. The molecule has 0 bridgehead atoms. The molecule has 88 valence electrons. The van der Waals surface area contributed by atoms with Crippen molar-refractivity contribution < 1.29 is 18.7 Å². The minimum absolute atomic E-state index is 0.00625. The van der Waals surface area contributed by atoms with Crippen molar-refractivity contribution in [2.75, 3.05) is 0 Å². The van der Waals surface area contributed by atoms with Gasteiger partial charge in [-0.05, 0) is 23.6 Å². The molecule has 1 rings (SSSR count). The van der Waals surface area contributed by atoms with Crippen LogP contribution in [-0.2, 0) is 17.6 Å². The van der Waals surface area contributed by atoms with Crippen LogP contribution in [0, 0.1) is 11.6 Å². The van der Waals surface area contributed by atoms with E-state index in [0.29, 0.717) is 12.0 Å². The Labute approximate surface area is 91.9 Å². The average Bonchev–Trinajstić information content (AvgIpc) is 2.24. The molecule has 1 aromatic rings. The Morgan fingerprint density at radius 3 is 2.62 bits per heavy atom. The molecule has 0 spiro atoms.